The van der Waals surface area contributed by atoms with Crippen molar-refractivity contribution in [3.63, 3.8) is 0 Å². The van der Waals surface area contributed by atoms with Crippen molar-refractivity contribution in [2.24, 2.45) is 18.9 Å². The van der Waals surface area contributed by atoms with Crippen molar-refractivity contribution in [1.29, 1.82) is 0 Å². The molecule has 2 aromatic rings. The summed E-state index contributed by atoms with van der Waals surface area (Å²) >= 11 is 0. The maximum absolute atomic E-state index is 3.99. The number of benzene rings is 1. The predicted octanol–water partition coefficient (Wildman–Crippen LogP) is 6.29. The fraction of sp³-hybridized carbons (Fsp3) is 0.750. The molecule has 0 amide bonds. The van der Waals surface area contributed by atoms with Crippen molar-refractivity contribution in [2.75, 3.05) is 13.1 Å². The monoisotopic (exact) mass is 388 g/mol. The molecule has 1 heterocycles. The van der Waals surface area contributed by atoms with Gasteiger partial charge in [0.25, 0.3) is 0 Å². The van der Waals surface area contributed by atoms with Crippen LogP contribution in [-0.4, -0.2) is 28.1 Å². The summed E-state index contributed by atoms with van der Waals surface area (Å²) in [7, 11) is 1.89. The third-order valence-electron chi connectivity index (χ3n) is 5.72. The van der Waals surface area contributed by atoms with E-state index in [0.29, 0.717) is 0 Å². The molecule has 4 nitrogen and oxygen atoms in total. The van der Waals surface area contributed by atoms with E-state index in [4.69, 9.17) is 0 Å². The number of nitrogens with one attached hydrogen (secondary N) is 1. The van der Waals surface area contributed by atoms with Gasteiger partial charge < -0.3 is 5.32 Å². The van der Waals surface area contributed by atoms with Gasteiger partial charge in [0.2, 0.25) is 0 Å². The zero-order chi connectivity index (χ0) is 20.8. The number of aryl methyl sites for hydroxylation is 2. The van der Waals surface area contributed by atoms with Crippen LogP contribution in [0.3, 0.4) is 0 Å². The molecule has 28 heavy (non-hydrogen) atoms. The van der Waals surface area contributed by atoms with Crippen LogP contribution in [-0.2, 0) is 7.05 Å². The zero-order valence-electron chi connectivity index (χ0n) is 19.3. The Labute approximate surface area is 173 Å². The second-order valence-corrected chi connectivity index (χ2v) is 8.20. The van der Waals surface area contributed by atoms with Crippen molar-refractivity contribution in [2.45, 2.75) is 86.0 Å². The van der Waals surface area contributed by atoms with Gasteiger partial charge in [-0.05, 0) is 62.4 Å². The molecule has 2 unspecified atom stereocenters. The molecule has 2 atom stereocenters. The molecule has 0 aliphatic heterocycles. The minimum absolute atomic E-state index is 0.902. The lowest BCUT2D eigenvalue weighted by molar-refractivity contribution is 0.372. The van der Waals surface area contributed by atoms with Crippen LogP contribution in [0, 0.1) is 18.8 Å². The highest BCUT2D eigenvalue weighted by molar-refractivity contribution is 5.74. The van der Waals surface area contributed by atoms with E-state index in [0.717, 1.165) is 22.9 Å². The predicted molar refractivity (Wildman–Crippen MR) is 123 cm³/mol. The molecule has 0 fully saturated rings. The number of rotatable bonds is 12. The van der Waals surface area contributed by atoms with E-state index in [-0.39, 0.29) is 0 Å². The van der Waals surface area contributed by atoms with Crippen LogP contribution in [0.15, 0.2) is 18.2 Å². The van der Waals surface area contributed by atoms with E-state index >= 15 is 0 Å². The van der Waals surface area contributed by atoms with Crippen LogP contribution < -0.4 is 5.32 Å². The summed E-state index contributed by atoms with van der Waals surface area (Å²) < 4.78 is 1.77. The minimum Gasteiger partial charge on any atom is -0.316 e. The summed E-state index contributed by atoms with van der Waals surface area (Å²) in [6.07, 6.45) is 10.9. The van der Waals surface area contributed by atoms with Crippen LogP contribution in [0.25, 0.3) is 11.0 Å². The lowest BCUT2D eigenvalue weighted by Crippen LogP contribution is -2.28. The SMILES string of the molecule is CCCCC(CC)CNCC(CC)CCCC.Cc1ccc2c(c1)nnn2C. The average Bonchev–Trinajstić information content (AvgIpc) is 3.07. The standard InChI is InChI=1S/C16H35N.C8H9N3/c1-5-9-11-15(7-3)13-17-14-16(8-4)12-10-6-2;1-6-3-4-8-7(5-6)9-10-11(8)2/h15-17H,5-14H2,1-4H3;3-5H,1-2H3. The van der Waals surface area contributed by atoms with Crippen LogP contribution in [0.5, 0.6) is 0 Å². The number of fused-ring (bicyclic) bond motifs is 1. The lowest BCUT2D eigenvalue weighted by atomic mass is 9.97. The molecule has 2 rings (SSSR count). The third kappa shape index (κ3) is 9.18. The topological polar surface area (TPSA) is 42.7 Å². The van der Waals surface area contributed by atoms with Crippen molar-refractivity contribution >= 4 is 11.0 Å². The van der Waals surface area contributed by atoms with Gasteiger partial charge in [-0.3, -0.25) is 0 Å². The van der Waals surface area contributed by atoms with Crippen LogP contribution in [0.4, 0.5) is 0 Å². The number of nitrogens with zero attached hydrogens (tertiary/aromatic N) is 3. The first-order valence-corrected chi connectivity index (χ1v) is 11.5. The highest BCUT2D eigenvalue weighted by Crippen LogP contribution is 2.14. The maximum atomic E-state index is 3.99. The first kappa shape index (κ1) is 24.6. The molecule has 0 bridgehead atoms. The van der Waals surface area contributed by atoms with Gasteiger partial charge in [0, 0.05) is 7.05 Å². The first-order chi connectivity index (χ1) is 13.5. The molecule has 1 aromatic heterocycles. The normalized spacial score (nSPS) is 13.2. The molecule has 0 radical (unpaired) electrons. The Morgan fingerprint density at radius 2 is 1.50 bits per heavy atom. The van der Waals surface area contributed by atoms with Crippen molar-refractivity contribution in [3.05, 3.63) is 23.8 Å². The van der Waals surface area contributed by atoms with Gasteiger partial charge in [-0.15, -0.1) is 5.10 Å². The molecule has 160 valence electrons. The van der Waals surface area contributed by atoms with E-state index in [2.05, 4.69) is 49.4 Å². The molecule has 0 spiro atoms. The summed E-state index contributed by atoms with van der Waals surface area (Å²) in [6, 6.07) is 6.12. The average molecular weight is 389 g/mol. The maximum Gasteiger partial charge on any atom is 0.113 e. The van der Waals surface area contributed by atoms with E-state index < -0.39 is 0 Å². The van der Waals surface area contributed by atoms with Gasteiger partial charge in [-0.1, -0.05) is 77.5 Å². The quantitative estimate of drug-likeness (QED) is 0.465. The largest absolute Gasteiger partial charge is 0.316 e. The second kappa shape index (κ2) is 14.6. The van der Waals surface area contributed by atoms with E-state index in [1.165, 1.54) is 70.0 Å². The Balaban J connectivity index is 0.000000302. The van der Waals surface area contributed by atoms with Gasteiger partial charge in [0.1, 0.15) is 5.52 Å². The zero-order valence-corrected chi connectivity index (χ0v) is 19.3. The Morgan fingerprint density at radius 3 is 2.00 bits per heavy atom. The second-order valence-electron chi connectivity index (χ2n) is 8.20. The lowest BCUT2D eigenvalue weighted by Gasteiger charge is -2.19. The molecule has 1 aromatic carbocycles. The van der Waals surface area contributed by atoms with Gasteiger partial charge in [0.05, 0.1) is 5.52 Å². The fourth-order valence-electron chi connectivity index (χ4n) is 3.53. The molecule has 0 saturated carbocycles. The van der Waals surface area contributed by atoms with Crippen LogP contribution in [0.2, 0.25) is 0 Å². The molecule has 0 aliphatic carbocycles. The van der Waals surface area contributed by atoms with Crippen LogP contribution >= 0.6 is 0 Å². The van der Waals surface area contributed by atoms with E-state index in [1.807, 2.05) is 26.1 Å². The van der Waals surface area contributed by atoms with E-state index in [1.54, 1.807) is 4.68 Å². The number of aromatic nitrogens is 3. The number of hydrogen-bond donors (Lipinski definition) is 1. The minimum atomic E-state index is 0.902. The number of unbranched alkanes of at least 4 members (excludes halogenated alkanes) is 2. The van der Waals surface area contributed by atoms with E-state index in [9.17, 15) is 0 Å². The summed E-state index contributed by atoms with van der Waals surface area (Å²) in [5, 5.41) is 11.6. The summed E-state index contributed by atoms with van der Waals surface area (Å²) in [5.41, 5.74) is 3.26. The summed E-state index contributed by atoms with van der Waals surface area (Å²) in [4.78, 5) is 0. The van der Waals surface area contributed by atoms with Crippen molar-refractivity contribution in [3.8, 4) is 0 Å². The Morgan fingerprint density at radius 1 is 0.929 bits per heavy atom. The Bertz CT molecular complexity index is 619. The summed E-state index contributed by atoms with van der Waals surface area (Å²) in [6.45, 7) is 13.8. The number of hydrogen-bond acceptors (Lipinski definition) is 3. The van der Waals surface area contributed by atoms with Gasteiger partial charge in [-0.2, -0.15) is 0 Å². The van der Waals surface area contributed by atoms with Crippen molar-refractivity contribution < 1.29 is 0 Å². The molecular weight excluding hydrogens is 344 g/mol. The highest BCUT2D eigenvalue weighted by atomic mass is 15.4. The fourth-order valence-corrected chi connectivity index (χ4v) is 3.53. The highest BCUT2D eigenvalue weighted by Gasteiger charge is 2.08. The molecular formula is C24H44N4. The van der Waals surface area contributed by atoms with Gasteiger partial charge in [-0.25, -0.2) is 4.68 Å². The van der Waals surface area contributed by atoms with Crippen LogP contribution in [0.1, 0.15) is 84.6 Å². The smallest absolute Gasteiger partial charge is 0.113 e. The molecule has 4 heteroatoms. The summed E-state index contributed by atoms with van der Waals surface area (Å²) in [5.74, 6) is 1.80. The van der Waals surface area contributed by atoms with Crippen molar-refractivity contribution in [1.82, 2.24) is 20.3 Å². The third-order valence-corrected chi connectivity index (χ3v) is 5.72. The van der Waals surface area contributed by atoms with Gasteiger partial charge >= 0.3 is 0 Å². The Kier molecular flexibility index (Phi) is 12.8. The van der Waals surface area contributed by atoms with Gasteiger partial charge in [0.15, 0.2) is 0 Å². The Hall–Kier alpha value is -1.42. The molecule has 0 saturated heterocycles. The first-order valence-electron chi connectivity index (χ1n) is 11.5. The molecule has 1 N–H and O–H groups in total. The molecule has 0 aliphatic rings.